The van der Waals surface area contributed by atoms with Gasteiger partial charge in [-0.05, 0) is 16.8 Å². The minimum atomic E-state index is -0.656. The molecule has 11 heavy (non-hydrogen) atoms. The van der Waals surface area contributed by atoms with Crippen molar-refractivity contribution >= 4 is 23.6 Å². The maximum Gasteiger partial charge on any atom is 0.332 e. The summed E-state index contributed by atoms with van der Waals surface area (Å²) in [5.41, 5.74) is 7.82. The van der Waals surface area contributed by atoms with Gasteiger partial charge in [0.2, 0.25) is 0 Å². The highest BCUT2D eigenvalue weighted by Crippen LogP contribution is 2.01. The topological polar surface area (TPSA) is 67.5 Å². The Bertz CT molecular complexity index is 255. The van der Waals surface area contributed by atoms with Gasteiger partial charge in [-0.15, -0.1) is 0 Å². The van der Waals surface area contributed by atoms with E-state index in [0.717, 1.165) is 5.56 Å². The average Bonchev–Trinajstić information content (AvgIpc) is 2.39. The number of primary amides is 1. The van der Waals surface area contributed by atoms with Crippen molar-refractivity contribution in [1.29, 1.82) is 0 Å². The molecule has 0 aliphatic carbocycles. The fourth-order valence-electron chi connectivity index (χ4n) is 0.519. The van der Waals surface area contributed by atoms with Crippen LogP contribution in [0.3, 0.4) is 0 Å². The number of hydrazone groups is 1. The lowest BCUT2D eigenvalue weighted by Crippen LogP contribution is -2.24. The Morgan fingerprint density at radius 3 is 3.18 bits per heavy atom. The number of carbonyl (C=O) groups is 1. The van der Waals surface area contributed by atoms with Gasteiger partial charge >= 0.3 is 6.03 Å². The molecule has 2 amide bonds. The zero-order valence-electron chi connectivity index (χ0n) is 5.65. The molecule has 4 nitrogen and oxygen atoms in total. The number of amides is 2. The van der Waals surface area contributed by atoms with E-state index < -0.39 is 6.03 Å². The number of urea groups is 1. The second-order valence-corrected chi connectivity index (χ2v) is 2.57. The first kappa shape index (κ1) is 7.74. The maximum atomic E-state index is 10.1. The lowest BCUT2D eigenvalue weighted by Gasteiger charge is -1.87. The van der Waals surface area contributed by atoms with Crippen LogP contribution in [0.15, 0.2) is 21.9 Å². The first-order valence-corrected chi connectivity index (χ1v) is 3.84. The summed E-state index contributed by atoms with van der Waals surface area (Å²) in [5.74, 6) is 0. The van der Waals surface area contributed by atoms with Gasteiger partial charge in [-0.25, -0.2) is 10.2 Å². The summed E-state index contributed by atoms with van der Waals surface area (Å²) in [4.78, 5) is 10.1. The maximum absolute atomic E-state index is 10.1. The van der Waals surface area contributed by atoms with Gasteiger partial charge in [0.1, 0.15) is 0 Å². The molecule has 0 fully saturated rings. The molecule has 0 saturated carbocycles. The highest BCUT2D eigenvalue weighted by molar-refractivity contribution is 7.08. The van der Waals surface area contributed by atoms with Crippen molar-refractivity contribution in [2.24, 2.45) is 10.8 Å². The van der Waals surface area contributed by atoms with Gasteiger partial charge in [0, 0.05) is 5.56 Å². The molecule has 0 aliphatic heterocycles. The predicted octanol–water partition coefficient (Wildman–Crippen LogP) is 0.750. The van der Waals surface area contributed by atoms with E-state index in [1.807, 2.05) is 16.8 Å². The Hall–Kier alpha value is -1.36. The first-order valence-electron chi connectivity index (χ1n) is 2.90. The van der Waals surface area contributed by atoms with E-state index >= 15 is 0 Å². The van der Waals surface area contributed by atoms with Crippen LogP contribution in [0, 0.1) is 0 Å². The van der Waals surface area contributed by atoms with Gasteiger partial charge in [-0.2, -0.15) is 16.4 Å². The third kappa shape index (κ3) is 2.81. The number of nitrogens with two attached hydrogens (primary N) is 1. The lowest BCUT2D eigenvalue weighted by atomic mass is 10.4. The summed E-state index contributed by atoms with van der Waals surface area (Å²) in [5, 5.41) is 7.40. The standard InChI is InChI=1S/C6H7N3OS/c7-6(10)9-8-3-5-1-2-11-4-5/h1-4H,(H3,7,9,10)/b8-3+. The van der Waals surface area contributed by atoms with Crippen molar-refractivity contribution in [3.8, 4) is 0 Å². The monoisotopic (exact) mass is 169 g/mol. The summed E-state index contributed by atoms with van der Waals surface area (Å²) in [6, 6.07) is 1.23. The molecule has 0 aromatic carbocycles. The number of thiophene rings is 1. The normalized spacial score (nSPS) is 10.2. The van der Waals surface area contributed by atoms with Crippen LogP contribution < -0.4 is 11.2 Å². The largest absolute Gasteiger partial charge is 0.350 e. The summed E-state index contributed by atoms with van der Waals surface area (Å²) in [6.45, 7) is 0. The van der Waals surface area contributed by atoms with Crippen LogP contribution in [-0.4, -0.2) is 12.2 Å². The number of hydrogen-bond donors (Lipinski definition) is 2. The molecular weight excluding hydrogens is 162 g/mol. The van der Waals surface area contributed by atoms with Gasteiger partial charge < -0.3 is 5.73 Å². The number of rotatable bonds is 2. The highest BCUT2D eigenvalue weighted by Gasteiger charge is 1.86. The summed E-state index contributed by atoms with van der Waals surface area (Å²) >= 11 is 1.56. The fourth-order valence-corrected chi connectivity index (χ4v) is 1.13. The number of hydrogen-bond acceptors (Lipinski definition) is 3. The number of carbonyl (C=O) groups excluding carboxylic acids is 1. The van der Waals surface area contributed by atoms with Crippen molar-refractivity contribution in [3.05, 3.63) is 22.4 Å². The molecule has 0 radical (unpaired) electrons. The van der Waals surface area contributed by atoms with E-state index in [4.69, 9.17) is 5.73 Å². The van der Waals surface area contributed by atoms with Crippen molar-refractivity contribution in [3.63, 3.8) is 0 Å². The number of nitrogens with zero attached hydrogens (tertiary/aromatic N) is 1. The Morgan fingerprint density at radius 2 is 2.64 bits per heavy atom. The Labute approximate surface area is 67.7 Å². The molecule has 0 saturated heterocycles. The molecule has 0 unspecified atom stereocenters. The van der Waals surface area contributed by atoms with Crippen LogP contribution in [0.25, 0.3) is 0 Å². The van der Waals surface area contributed by atoms with Crippen LogP contribution in [-0.2, 0) is 0 Å². The second kappa shape index (κ2) is 3.72. The Kier molecular flexibility index (Phi) is 2.62. The summed E-state index contributed by atoms with van der Waals surface area (Å²) in [7, 11) is 0. The molecule has 0 atom stereocenters. The van der Waals surface area contributed by atoms with Crippen LogP contribution in [0.5, 0.6) is 0 Å². The molecule has 5 heteroatoms. The van der Waals surface area contributed by atoms with E-state index in [0.29, 0.717) is 0 Å². The van der Waals surface area contributed by atoms with Crippen molar-refractivity contribution < 1.29 is 4.79 Å². The van der Waals surface area contributed by atoms with Crippen LogP contribution in [0.4, 0.5) is 4.79 Å². The lowest BCUT2D eigenvalue weighted by molar-refractivity contribution is 0.249. The quantitative estimate of drug-likeness (QED) is 0.498. The molecule has 0 bridgehead atoms. The van der Waals surface area contributed by atoms with Crippen LogP contribution in [0.1, 0.15) is 5.56 Å². The number of nitrogens with one attached hydrogen (secondary N) is 1. The molecule has 1 heterocycles. The summed E-state index contributed by atoms with van der Waals surface area (Å²) in [6.07, 6.45) is 1.53. The fraction of sp³-hybridized carbons (Fsp3) is 0. The van der Waals surface area contributed by atoms with Crippen molar-refractivity contribution in [1.82, 2.24) is 5.43 Å². The molecule has 1 rings (SSSR count). The highest BCUT2D eigenvalue weighted by atomic mass is 32.1. The van der Waals surface area contributed by atoms with E-state index in [-0.39, 0.29) is 0 Å². The van der Waals surface area contributed by atoms with Crippen LogP contribution >= 0.6 is 11.3 Å². The van der Waals surface area contributed by atoms with Crippen molar-refractivity contribution in [2.45, 2.75) is 0 Å². The SMILES string of the molecule is NC(=O)N/N=C/c1ccsc1. The molecule has 1 aromatic rings. The van der Waals surface area contributed by atoms with E-state index in [1.165, 1.54) is 6.21 Å². The molecule has 3 N–H and O–H groups in total. The van der Waals surface area contributed by atoms with E-state index in [2.05, 4.69) is 10.5 Å². The molecule has 0 spiro atoms. The Morgan fingerprint density at radius 1 is 1.82 bits per heavy atom. The minimum absolute atomic E-state index is 0.656. The minimum Gasteiger partial charge on any atom is -0.350 e. The zero-order valence-corrected chi connectivity index (χ0v) is 6.47. The molecule has 0 aliphatic rings. The van der Waals surface area contributed by atoms with Gasteiger partial charge in [0.05, 0.1) is 6.21 Å². The van der Waals surface area contributed by atoms with Gasteiger partial charge in [0.15, 0.2) is 0 Å². The van der Waals surface area contributed by atoms with E-state index in [9.17, 15) is 4.79 Å². The molecular formula is C6H7N3OS. The third-order valence-corrected chi connectivity index (χ3v) is 1.63. The van der Waals surface area contributed by atoms with Crippen LogP contribution in [0.2, 0.25) is 0 Å². The average molecular weight is 169 g/mol. The Balaban J connectivity index is 2.43. The third-order valence-electron chi connectivity index (χ3n) is 0.932. The summed E-state index contributed by atoms with van der Waals surface area (Å²) < 4.78 is 0. The van der Waals surface area contributed by atoms with E-state index in [1.54, 1.807) is 11.3 Å². The predicted molar refractivity (Wildman–Crippen MR) is 44.6 cm³/mol. The smallest absolute Gasteiger partial charge is 0.332 e. The zero-order chi connectivity index (χ0) is 8.10. The van der Waals surface area contributed by atoms with Gasteiger partial charge in [-0.3, -0.25) is 0 Å². The first-order chi connectivity index (χ1) is 5.29. The molecule has 58 valence electrons. The van der Waals surface area contributed by atoms with Gasteiger partial charge in [-0.1, -0.05) is 0 Å². The van der Waals surface area contributed by atoms with Crippen molar-refractivity contribution in [2.75, 3.05) is 0 Å². The van der Waals surface area contributed by atoms with Gasteiger partial charge in [0.25, 0.3) is 0 Å². The molecule has 1 aromatic heterocycles. The second-order valence-electron chi connectivity index (χ2n) is 1.79.